The van der Waals surface area contributed by atoms with Gasteiger partial charge in [0, 0.05) is 37.9 Å². The number of halogens is 1. The predicted molar refractivity (Wildman–Crippen MR) is 130 cm³/mol. The molecule has 2 N–H and O–H groups in total. The first kappa shape index (κ1) is 22.4. The summed E-state index contributed by atoms with van der Waals surface area (Å²) in [5, 5.41) is 10.1. The van der Waals surface area contributed by atoms with Crippen LogP contribution in [-0.4, -0.2) is 31.1 Å². The van der Waals surface area contributed by atoms with Crippen LogP contribution in [0.4, 0.5) is 0 Å². The van der Waals surface area contributed by atoms with Gasteiger partial charge in [-0.15, -0.1) is 35.3 Å². The van der Waals surface area contributed by atoms with Crippen molar-refractivity contribution in [2.45, 2.75) is 19.3 Å². The molecule has 0 radical (unpaired) electrons. The third-order valence-corrected chi connectivity index (χ3v) is 5.26. The molecule has 0 amide bonds. The monoisotopic (exact) mass is 506 g/mol. The lowest BCUT2D eigenvalue weighted by Crippen LogP contribution is -2.40. The van der Waals surface area contributed by atoms with Gasteiger partial charge in [-0.1, -0.05) is 60.7 Å². The van der Waals surface area contributed by atoms with Gasteiger partial charge in [-0.3, -0.25) is 4.99 Å². The van der Waals surface area contributed by atoms with Crippen molar-refractivity contribution in [1.29, 1.82) is 0 Å². The summed E-state index contributed by atoms with van der Waals surface area (Å²) in [7, 11) is 1.81. The molecule has 0 bridgehead atoms. The van der Waals surface area contributed by atoms with Crippen LogP contribution in [0.1, 0.15) is 27.7 Å². The molecule has 0 saturated carbocycles. The summed E-state index contributed by atoms with van der Waals surface area (Å²) in [6.45, 7) is 3.63. The van der Waals surface area contributed by atoms with Crippen LogP contribution in [0.2, 0.25) is 0 Å². The van der Waals surface area contributed by atoms with Crippen molar-refractivity contribution in [3.05, 3.63) is 87.9 Å². The van der Waals surface area contributed by atoms with Crippen LogP contribution >= 0.6 is 35.3 Å². The lowest BCUT2D eigenvalue weighted by atomic mass is 9.91. The zero-order valence-corrected chi connectivity index (χ0v) is 19.4. The Morgan fingerprint density at radius 1 is 1.00 bits per heavy atom. The second-order valence-electron chi connectivity index (χ2n) is 6.36. The number of hydrogen-bond acceptors (Lipinski definition) is 3. The first-order valence-corrected chi connectivity index (χ1v) is 10.1. The SMILES string of the molecule is CN=C(NCCc1csc(C)n1)NCC(c1ccccc1)c1ccccc1.I. The van der Waals surface area contributed by atoms with Crippen molar-refractivity contribution < 1.29 is 0 Å². The smallest absolute Gasteiger partial charge is 0.191 e. The number of aliphatic imine (C=N–C) groups is 1. The Balaban J connectivity index is 0.00000280. The molecule has 3 aromatic rings. The van der Waals surface area contributed by atoms with E-state index in [0.717, 1.165) is 36.2 Å². The van der Waals surface area contributed by atoms with E-state index in [9.17, 15) is 0 Å². The van der Waals surface area contributed by atoms with E-state index in [1.54, 1.807) is 11.3 Å². The van der Waals surface area contributed by atoms with Crippen LogP contribution in [0.3, 0.4) is 0 Å². The quantitative estimate of drug-likeness (QED) is 0.280. The highest BCUT2D eigenvalue weighted by atomic mass is 127. The number of hydrogen-bond donors (Lipinski definition) is 2. The third kappa shape index (κ3) is 6.60. The number of nitrogens with zero attached hydrogens (tertiary/aromatic N) is 2. The van der Waals surface area contributed by atoms with E-state index >= 15 is 0 Å². The summed E-state index contributed by atoms with van der Waals surface area (Å²) in [6.07, 6.45) is 0.895. The van der Waals surface area contributed by atoms with Gasteiger partial charge < -0.3 is 10.6 Å². The minimum absolute atomic E-state index is 0. The second kappa shape index (κ2) is 11.8. The van der Waals surface area contributed by atoms with E-state index in [0.29, 0.717) is 0 Å². The summed E-state index contributed by atoms with van der Waals surface area (Å²) in [4.78, 5) is 8.87. The predicted octanol–water partition coefficient (Wildman–Crippen LogP) is 4.61. The van der Waals surface area contributed by atoms with Crippen LogP contribution in [0.15, 0.2) is 71.0 Å². The molecular formula is C22H27IN4S. The fraction of sp³-hybridized carbons (Fsp3) is 0.273. The molecule has 1 aromatic heterocycles. The molecule has 0 aliphatic rings. The van der Waals surface area contributed by atoms with Gasteiger partial charge in [-0.25, -0.2) is 4.98 Å². The van der Waals surface area contributed by atoms with Crippen molar-refractivity contribution in [3.63, 3.8) is 0 Å². The summed E-state index contributed by atoms with van der Waals surface area (Å²) in [5.41, 5.74) is 3.72. The molecular weight excluding hydrogens is 479 g/mol. The molecule has 0 fully saturated rings. The second-order valence-corrected chi connectivity index (χ2v) is 7.42. The first-order valence-electron chi connectivity index (χ1n) is 9.21. The largest absolute Gasteiger partial charge is 0.356 e. The van der Waals surface area contributed by atoms with E-state index in [-0.39, 0.29) is 29.9 Å². The minimum Gasteiger partial charge on any atom is -0.356 e. The molecule has 0 spiro atoms. The normalized spacial score (nSPS) is 11.2. The average Bonchev–Trinajstić information content (AvgIpc) is 3.13. The van der Waals surface area contributed by atoms with Crippen LogP contribution in [0.25, 0.3) is 0 Å². The highest BCUT2D eigenvalue weighted by Crippen LogP contribution is 2.23. The third-order valence-electron chi connectivity index (χ3n) is 4.44. The van der Waals surface area contributed by atoms with Crippen molar-refractivity contribution >= 4 is 41.3 Å². The fourth-order valence-electron chi connectivity index (χ4n) is 3.05. The summed E-state index contributed by atoms with van der Waals surface area (Å²) in [6, 6.07) is 21.2. The van der Waals surface area contributed by atoms with E-state index in [1.807, 2.05) is 14.0 Å². The molecule has 0 aliphatic carbocycles. The minimum atomic E-state index is 0. The van der Waals surface area contributed by atoms with Gasteiger partial charge in [-0.2, -0.15) is 0 Å². The summed E-state index contributed by atoms with van der Waals surface area (Å²) >= 11 is 1.69. The number of rotatable bonds is 7. The van der Waals surface area contributed by atoms with Gasteiger partial charge in [0.1, 0.15) is 0 Å². The molecule has 1 heterocycles. The van der Waals surface area contributed by atoms with E-state index in [4.69, 9.17) is 0 Å². The lowest BCUT2D eigenvalue weighted by Gasteiger charge is -2.20. The highest BCUT2D eigenvalue weighted by Gasteiger charge is 2.14. The van der Waals surface area contributed by atoms with Gasteiger partial charge >= 0.3 is 0 Å². The Hall–Kier alpha value is -1.93. The van der Waals surface area contributed by atoms with Crippen molar-refractivity contribution in [2.24, 2.45) is 4.99 Å². The first-order chi connectivity index (χ1) is 13.3. The Morgan fingerprint density at radius 3 is 2.11 bits per heavy atom. The van der Waals surface area contributed by atoms with Crippen LogP contribution in [-0.2, 0) is 6.42 Å². The highest BCUT2D eigenvalue weighted by molar-refractivity contribution is 14.0. The van der Waals surface area contributed by atoms with Crippen LogP contribution in [0, 0.1) is 6.92 Å². The maximum atomic E-state index is 4.51. The van der Waals surface area contributed by atoms with E-state index in [2.05, 4.69) is 86.7 Å². The zero-order chi connectivity index (χ0) is 18.9. The number of benzene rings is 2. The Kier molecular flexibility index (Phi) is 9.43. The molecule has 0 saturated heterocycles. The molecule has 6 heteroatoms. The molecule has 0 unspecified atom stereocenters. The average molecular weight is 506 g/mol. The molecule has 148 valence electrons. The van der Waals surface area contributed by atoms with E-state index < -0.39 is 0 Å². The lowest BCUT2D eigenvalue weighted by molar-refractivity contribution is 0.724. The standard InChI is InChI=1S/C22H26N4S.HI/c1-17-26-20(16-27-17)13-14-24-22(23-2)25-15-21(18-9-5-3-6-10-18)19-11-7-4-8-12-19;/h3-12,16,21H,13-15H2,1-2H3,(H2,23,24,25);1H. The van der Waals surface area contributed by atoms with Crippen molar-refractivity contribution in [2.75, 3.05) is 20.1 Å². The number of thiazole rings is 1. The molecule has 4 nitrogen and oxygen atoms in total. The molecule has 3 rings (SSSR count). The Bertz CT molecular complexity index is 810. The number of nitrogens with one attached hydrogen (secondary N) is 2. The van der Waals surface area contributed by atoms with Crippen LogP contribution in [0.5, 0.6) is 0 Å². The molecule has 0 aliphatic heterocycles. The number of aromatic nitrogens is 1. The zero-order valence-electron chi connectivity index (χ0n) is 16.3. The topological polar surface area (TPSA) is 49.3 Å². The van der Waals surface area contributed by atoms with Gasteiger partial charge in [-0.05, 0) is 18.1 Å². The Labute approximate surface area is 188 Å². The fourth-order valence-corrected chi connectivity index (χ4v) is 3.70. The van der Waals surface area contributed by atoms with Crippen LogP contribution < -0.4 is 10.6 Å². The van der Waals surface area contributed by atoms with Gasteiger partial charge in [0.2, 0.25) is 0 Å². The maximum Gasteiger partial charge on any atom is 0.191 e. The molecule has 28 heavy (non-hydrogen) atoms. The molecule has 0 atom stereocenters. The Morgan fingerprint density at radius 2 is 1.61 bits per heavy atom. The van der Waals surface area contributed by atoms with Crippen molar-refractivity contribution in [1.82, 2.24) is 15.6 Å². The number of guanidine groups is 1. The van der Waals surface area contributed by atoms with Crippen molar-refractivity contribution in [3.8, 4) is 0 Å². The van der Waals surface area contributed by atoms with E-state index in [1.165, 1.54) is 11.1 Å². The summed E-state index contributed by atoms with van der Waals surface area (Å²) in [5.74, 6) is 1.09. The van der Waals surface area contributed by atoms with Gasteiger partial charge in [0.05, 0.1) is 10.7 Å². The molecule has 2 aromatic carbocycles. The maximum absolute atomic E-state index is 4.51. The van der Waals surface area contributed by atoms with Gasteiger partial charge in [0.25, 0.3) is 0 Å². The summed E-state index contributed by atoms with van der Waals surface area (Å²) < 4.78 is 0. The number of aryl methyl sites for hydroxylation is 1. The van der Waals surface area contributed by atoms with Gasteiger partial charge in [0.15, 0.2) is 5.96 Å².